The molecule has 0 amide bonds. The van der Waals surface area contributed by atoms with Crippen LogP contribution in [0.2, 0.25) is 0 Å². The molecule has 0 saturated carbocycles. The number of aromatic nitrogens is 1. The number of nitrogens with zero attached hydrogens (tertiary/aromatic N) is 3. The van der Waals surface area contributed by atoms with Gasteiger partial charge in [-0.25, -0.2) is 9.78 Å². The average Bonchev–Trinajstić information content (AvgIpc) is 2.75. The number of carbonyl (C=O) groups is 1. The predicted molar refractivity (Wildman–Crippen MR) is 73.2 cm³/mol. The van der Waals surface area contributed by atoms with Gasteiger partial charge in [-0.15, -0.1) is 0 Å². The van der Waals surface area contributed by atoms with E-state index in [0.717, 1.165) is 18.7 Å². The molecule has 19 heavy (non-hydrogen) atoms. The van der Waals surface area contributed by atoms with Gasteiger partial charge in [-0.3, -0.25) is 0 Å². The molecule has 0 spiro atoms. The Morgan fingerprint density at radius 3 is 3.05 bits per heavy atom. The Labute approximate surface area is 113 Å². The van der Waals surface area contributed by atoms with E-state index in [1.807, 2.05) is 13.1 Å². The van der Waals surface area contributed by atoms with Crippen molar-refractivity contribution in [3.8, 4) is 0 Å². The van der Waals surface area contributed by atoms with Gasteiger partial charge in [-0.1, -0.05) is 6.07 Å². The molecule has 1 fully saturated rings. The number of hydrogen-bond donors (Lipinski definition) is 1. The number of rotatable bonds is 5. The van der Waals surface area contributed by atoms with E-state index in [0.29, 0.717) is 12.6 Å². The van der Waals surface area contributed by atoms with Gasteiger partial charge in [0.25, 0.3) is 0 Å². The first-order chi connectivity index (χ1) is 9.08. The standard InChI is InChI=1S/C14H21N3O2/c1-16(10-12-6-4-8-17(12)2)9-11-5-3-7-15-13(11)14(18)19/h3,5,7,12H,4,6,8-10H2,1-2H3,(H,18,19). The van der Waals surface area contributed by atoms with Crippen LogP contribution >= 0.6 is 0 Å². The summed E-state index contributed by atoms with van der Waals surface area (Å²) >= 11 is 0. The molecule has 1 atom stereocenters. The van der Waals surface area contributed by atoms with Gasteiger partial charge in [0.2, 0.25) is 0 Å². The van der Waals surface area contributed by atoms with Crippen molar-refractivity contribution in [2.45, 2.75) is 25.4 Å². The molecular weight excluding hydrogens is 242 g/mol. The summed E-state index contributed by atoms with van der Waals surface area (Å²) in [4.78, 5) is 19.6. The van der Waals surface area contributed by atoms with Crippen LogP contribution in [0.1, 0.15) is 28.9 Å². The first-order valence-electron chi connectivity index (χ1n) is 6.64. The van der Waals surface area contributed by atoms with Gasteiger partial charge in [0.1, 0.15) is 0 Å². The number of likely N-dealkylation sites (N-methyl/N-ethyl adjacent to an activating group) is 2. The molecule has 0 bridgehead atoms. The highest BCUT2D eigenvalue weighted by atomic mass is 16.4. The highest BCUT2D eigenvalue weighted by Crippen LogP contribution is 2.16. The summed E-state index contributed by atoms with van der Waals surface area (Å²) in [7, 11) is 4.18. The lowest BCUT2D eigenvalue weighted by atomic mass is 10.1. The lowest BCUT2D eigenvalue weighted by Crippen LogP contribution is -2.36. The smallest absolute Gasteiger partial charge is 0.354 e. The second kappa shape index (κ2) is 6.12. The number of hydrogen-bond acceptors (Lipinski definition) is 4. The van der Waals surface area contributed by atoms with Crippen LogP contribution < -0.4 is 0 Å². The Morgan fingerprint density at radius 2 is 2.42 bits per heavy atom. The minimum atomic E-state index is -0.956. The largest absolute Gasteiger partial charge is 0.477 e. The molecular formula is C14H21N3O2. The van der Waals surface area contributed by atoms with Crippen LogP contribution in [-0.4, -0.2) is 59.1 Å². The van der Waals surface area contributed by atoms with E-state index in [-0.39, 0.29) is 5.69 Å². The molecule has 1 N–H and O–H groups in total. The molecule has 2 rings (SSSR count). The number of carboxylic acids is 1. The molecule has 1 unspecified atom stereocenters. The fourth-order valence-electron chi connectivity index (χ4n) is 2.68. The third-order valence-electron chi connectivity index (χ3n) is 3.73. The van der Waals surface area contributed by atoms with E-state index in [1.165, 1.54) is 19.0 Å². The van der Waals surface area contributed by atoms with Crippen molar-refractivity contribution in [2.24, 2.45) is 0 Å². The minimum Gasteiger partial charge on any atom is -0.477 e. The molecule has 1 aliphatic rings. The number of pyridine rings is 1. The van der Waals surface area contributed by atoms with Crippen molar-refractivity contribution in [1.29, 1.82) is 0 Å². The van der Waals surface area contributed by atoms with Crippen LogP contribution in [0.15, 0.2) is 18.3 Å². The topological polar surface area (TPSA) is 56.7 Å². The van der Waals surface area contributed by atoms with E-state index in [1.54, 1.807) is 6.07 Å². The summed E-state index contributed by atoms with van der Waals surface area (Å²) in [6.07, 6.45) is 4.00. The molecule has 0 aliphatic carbocycles. The lowest BCUT2D eigenvalue weighted by Gasteiger charge is -2.26. The highest BCUT2D eigenvalue weighted by molar-refractivity contribution is 5.86. The van der Waals surface area contributed by atoms with Crippen LogP contribution in [0, 0.1) is 0 Å². The van der Waals surface area contributed by atoms with Gasteiger partial charge in [-0.05, 0) is 45.1 Å². The molecule has 1 aromatic rings. The predicted octanol–water partition coefficient (Wildman–Crippen LogP) is 1.31. The van der Waals surface area contributed by atoms with Crippen LogP contribution in [0.3, 0.4) is 0 Å². The van der Waals surface area contributed by atoms with Crippen LogP contribution in [0.4, 0.5) is 0 Å². The second-order valence-electron chi connectivity index (χ2n) is 5.29. The first kappa shape index (κ1) is 14.0. The first-order valence-corrected chi connectivity index (χ1v) is 6.64. The Balaban J connectivity index is 1.98. The summed E-state index contributed by atoms with van der Waals surface area (Å²) in [6, 6.07) is 4.21. The molecule has 1 aliphatic heterocycles. The molecule has 0 aromatic carbocycles. The summed E-state index contributed by atoms with van der Waals surface area (Å²) in [5.74, 6) is -0.956. The third kappa shape index (κ3) is 3.52. The van der Waals surface area contributed by atoms with Crippen molar-refractivity contribution in [2.75, 3.05) is 27.2 Å². The van der Waals surface area contributed by atoms with Gasteiger partial charge in [0.05, 0.1) is 0 Å². The Kier molecular flexibility index (Phi) is 4.50. The molecule has 5 nitrogen and oxygen atoms in total. The SMILES string of the molecule is CN(Cc1cccnc1C(=O)O)CC1CCCN1C. The fraction of sp³-hybridized carbons (Fsp3) is 0.571. The Morgan fingerprint density at radius 1 is 1.63 bits per heavy atom. The molecule has 1 saturated heterocycles. The van der Waals surface area contributed by atoms with E-state index in [9.17, 15) is 4.79 Å². The summed E-state index contributed by atoms with van der Waals surface area (Å²) < 4.78 is 0. The molecule has 1 aromatic heterocycles. The van der Waals surface area contributed by atoms with E-state index in [4.69, 9.17) is 5.11 Å². The maximum atomic E-state index is 11.1. The summed E-state index contributed by atoms with van der Waals surface area (Å²) in [5.41, 5.74) is 0.937. The molecule has 104 valence electrons. The normalized spacial score (nSPS) is 20.1. The van der Waals surface area contributed by atoms with Crippen LogP contribution in [0.25, 0.3) is 0 Å². The van der Waals surface area contributed by atoms with Crippen molar-refractivity contribution < 1.29 is 9.90 Å². The van der Waals surface area contributed by atoms with Gasteiger partial charge >= 0.3 is 5.97 Å². The Bertz CT molecular complexity index is 450. The van der Waals surface area contributed by atoms with Crippen molar-refractivity contribution in [1.82, 2.24) is 14.8 Å². The minimum absolute atomic E-state index is 0.161. The second-order valence-corrected chi connectivity index (χ2v) is 5.29. The maximum Gasteiger partial charge on any atom is 0.354 e. The zero-order chi connectivity index (χ0) is 13.8. The highest BCUT2D eigenvalue weighted by Gasteiger charge is 2.22. The quantitative estimate of drug-likeness (QED) is 0.868. The monoisotopic (exact) mass is 263 g/mol. The summed E-state index contributed by atoms with van der Waals surface area (Å²) in [5, 5.41) is 9.12. The maximum absolute atomic E-state index is 11.1. The summed E-state index contributed by atoms with van der Waals surface area (Å²) in [6.45, 7) is 2.75. The van der Waals surface area contributed by atoms with Crippen LogP contribution in [-0.2, 0) is 6.54 Å². The molecule has 0 radical (unpaired) electrons. The zero-order valence-electron chi connectivity index (χ0n) is 11.5. The van der Waals surface area contributed by atoms with Crippen molar-refractivity contribution in [3.05, 3.63) is 29.6 Å². The average molecular weight is 263 g/mol. The zero-order valence-corrected chi connectivity index (χ0v) is 11.5. The third-order valence-corrected chi connectivity index (χ3v) is 3.73. The van der Waals surface area contributed by atoms with Gasteiger partial charge in [-0.2, -0.15) is 0 Å². The van der Waals surface area contributed by atoms with Crippen molar-refractivity contribution in [3.63, 3.8) is 0 Å². The molecule has 5 heteroatoms. The van der Waals surface area contributed by atoms with Crippen LogP contribution in [0.5, 0.6) is 0 Å². The molecule has 2 heterocycles. The lowest BCUT2D eigenvalue weighted by molar-refractivity contribution is 0.0688. The van der Waals surface area contributed by atoms with Gasteiger partial charge in [0, 0.05) is 25.3 Å². The van der Waals surface area contributed by atoms with E-state index < -0.39 is 5.97 Å². The van der Waals surface area contributed by atoms with Crippen molar-refractivity contribution >= 4 is 5.97 Å². The number of carboxylic acid groups (broad SMARTS) is 1. The van der Waals surface area contributed by atoms with Gasteiger partial charge in [0.15, 0.2) is 5.69 Å². The van der Waals surface area contributed by atoms with Gasteiger partial charge < -0.3 is 14.9 Å². The number of aromatic carboxylic acids is 1. The fourth-order valence-corrected chi connectivity index (χ4v) is 2.68. The number of likely N-dealkylation sites (tertiary alicyclic amines) is 1. The Hall–Kier alpha value is -1.46. The van der Waals surface area contributed by atoms with E-state index in [2.05, 4.69) is 21.8 Å². The van der Waals surface area contributed by atoms with E-state index >= 15 is 0 Å².